The summed E-state index contributed by atoms with van der Waals surface area (Å²) >= 11 is 0. The second-order valence-corrected chi connectivity index (χ2v) is 6.74. The first-order chi connectivity index (χ1) is 11.4. The molecule has 0 aliphatic carbocycles. The van der Waals surface area contributed by atoms with Crippen molar-refractivity contribution in [2.24, 2.45) is 0 Å². The summed E-state index contributed by atoms with van der Waals surface area (Å²) in [5.41, 5.74) is 0. The Labute approximate surface area is 148 Å². The lowest BCUT2D eigenvalue weighted by Crippen LogP contribution is -2.41. The normalized spacial score (nSPS) is 13.2. The van der Waals surface area contributed by atoms with Gasteiger partial charge >= 0.3 is 12.0 Å². The van der Waals surface area contributed by atoms with E-state index in [1.54, 1.807) is 19.0 Å². The third-order valence-electron chi connectivity index (χ3n) is 4.21. The van der Waals surface area contributed by atoms with Gasteiger partial charge in [0.15, 0.2) is 0 Å². The number of urea groups is 1. The van der Waals surface area contributed by atoms with Gasteiger partial charge in [0, 0.05) is 26.6 Å². The van der Waals surface area contributed by atoms with E-state index < -0.39 is 0 Å². The SMILES string of the molecule is CCCCCCC(=O)OC(CCC)CCC(CC)NC(=O)N(C)C. The third kappa shape index (κ3) is 11.3. The number of esters is 1. The molecular formula is C19H38N2O3. The zero-order valence-corrected chi connectivity index (χ0v) is 16.4. The Kier molecular flexibility index (Phi) is 13.4. The largest absolute Gasteiger partial charge is 0.462 e. The van der Waals surface area contributed by atoms with Crippen LogP contribution in [0, 0.1) is 0 Å². The van der Waals surface area contributed by atoms with Crippen LogP contribution in [0.15, 0.2) is 0 Å². The van der Waals surface area contributed by atoms with E-state index in [-0.39, 0.29) is 24.1 Å². The zero-order valence-electron chi connectivity index (χ0n) is 16.4. The highest BCUT2D eigenvalue weighted by Gasteiger charge is 2.17. The van der Waals surface area contributed by atoms with Gasteiger partial charge in [0.25, 0.3) is 0 Å². The van der Waals surface area contributed by atoms with Gasteiger partial charge < -0.3 is 15.0 Å². The van der Waals surface area contributed by atoms with Crippen LogP contribution in [0.25, 0.3) is 0 Å². The zero-order chi connectivity index (χ0) is 18.4. The van der Waals surface area contributed by atoms with Gasteiger partial charge in [0.2, 0.25) is 0 Å². The van der Waals surface area contributed by atoms with Crippen molar-refractivity contribution in [1.29, 1.82) is 0 Å². The van der Waals surface area contributed by atoms with Crippen molar-refractivity contribution >= 4 is 12.0 Å². The van der Waals surface area contributed by atoms with E-state index in [0.29, 0.717) is 6.42 Å². The molecule has 0 aromatic rings. The fraction of sp³-hybridized carbons (Fsp3) is 0.895. The van der Waals surface area contributed by atoms with E-state index in [2.05, 4.69) is 26.1 Å². The average molecular weight is 343 g/mol. The molecule has 2 unspecified atom stereocenters. The first-order valence-corrected chi connectivity index (χ1v) is 9.61. The van der Waals surface area contributed by atoms with E-state index in [9.17, 15) is 9.59 Å². The monoisotopic (exact) mass is 342 g/mol. The molecule has 0 aliphatic rings. The topological polar surface area (TPSA) is 58.6 Å². The second kappa shape index (κ2) is 14.1. The Bertz CT molecular complexity index is 346. The molecule has 0 radical (unpaired) electrons. The molecule has 0 aromatic heterocycles. The average Bonchev–Trinajstić information content (AvgIpc) is 2.55. The fourth-order valence-electron chi connectivity index (χ4n) is 2.59. The van der Waals surface area contributed by atoms with Gasteiger partial charge in [-0.25, -0.2) is 4.79 Å². The molecular weight excluding hydrogens is 304 g/mol. The summed E-state index contributed by atoms with van der Waals surface area (Å²) in [6.45, 7) is 6.33. The van der Waals surface area contributed by atoms with Crippen LogP contribution in [-0.4, -0.2) is 43.1 Å². The molecule has 0 aliphatic heterocycles. The van der Waals surface area contributed by atoms with Gasteiger partial charge in [-0.1, -0.05) is 46.5 Å². The molecule has 2 amide bonds. The third-order valence-corrected chi connectivity index (χ3v) is 4.21. The minimum atomic E-state index is -0.0741. The van der Waals surface area contributed by atoms with Crippen molar-refractivity contribution in [2.45, 2.75) is 97.1 Å². The Morgan fingerprint density at radius 3 is 2.21 bits per heavy atom. The lowest BCUT2D eigenvalue weighted by atomic mass is 10.0. The number of hydrogen-bond donors (Lipinski definition) is 1. The molecule has 0 fully saturated rings. The van der Waals surface area contributed by atoms with E-state index in [0.717, 1.165) is 44.9 Å². The second-order valence-electron chi connectivity index (χ2n) is 6.74. The van der Waals surface area contributed by atoms with Crippen molar-refractivity contribution < 1.29 is 14.3 Å². The molecule has 1 N–H and O–H groups in total. The van der Waals surface area contributed by atoms with Gasteiger partial charge in [-0.15, -0.1) is 0 Å². The summed E-state index contributed by atoms with van der Waals surface area (Å²) in [5.74, 6) is -0.0741. The van der Waals surface area contributed by atoms with Crippen LogP contribution in [0.2, 0.25) is 0 Å². The van der Waals surface area contributed by atoms with E-state index in [4.69, 9.17) is 4.74 Å². The van der Waals surface area contributed by atoms with Crippen LogP contribution in [0.5, 0.6) is 0 Å². The summed E-state index contributed by atoms with van der Waals surface area (Å²) in [7, 11) is 3.48. The number of hydrogen-bond acceptors (Lipinski definition) is 3. The number of amides is 2. The summed E-state index contributed by atoms with van der Waals surface area (Å²) < 4.78 is 5.66. The van der Waals surface area contributed by atoms with Crippen LogP contribution >= 0.6 is 0 Å². The van der Waals surface area contributed by atoms with Gasteiger partial charge in [-0.2, -0.15) is 0 Å². The highest BCUT2D eigenvalue weighted by atomic mass is 16.5. The molecule has 142 valence electrons. The summed E-state index contributed by atoms with van der Waals surface area (Å²) in [6, 6.07) is 0.0596. The number of ether oxygens (including phenoxy) is 1. The van der Waals surface area contributed by atoms with Crippen molar-refractivity contribution in [3.05, 3.63) is 0 Å². The standard InChI is InChI=1S/C19H38N2O3/c1-6-9-10-11-13-18(22)24-17(12-7-2)15-14-16(8-3)20-19(23)21(4)5/h16-17H,6-15H2,1-5H3,(H,20,23). The van der Waals surface area contributed by atoms with E-state index in [1.165, 1.54) is 12.8 Å². The molecule has 0 bridgehead atoms. The fourth-order valence-corrected chi connectivity index (χ4v) is 2.59. The number of carbonyl (C=O) groups is 2. The Balaban J connectivity index is 4.25. The Morgan fingerprint density at radius 2 is 1.67 bits per heavy atom. The summed E-state index contributed by atoms with van der Waals surface area (Å²) in [4.78, 5) is 25.3. The number of rotatable bonds is 13. The first kappa shape index (κ1) is 22.7. The van der Waals surface area contributed by atoms with Crippen LogP contribution in [0.4, 0.5) is 4.79 Å². The highest BCUT2D eigenvalue weighted by Crippen LogP contribution is 2.15. The number of nitrogens with one attached hydrogen (secondary N) is 1. The molecule has 0 aromatic carbocycles. The maximum atomic E-state index is 12.0. The van der Waals surface area contributed by atoms with Crippen molar-refractivity contribution in [2.75, 3.05) is 14.1 Å². The first-order valence-electron chi connectivity index (χ1n) is 9.61. The van der Waals surface area contributed by atoms with Gasteiger partial charge in [-0.3, -0.25) is 4.79 Å². The van der Waals surface area contributed by atoms with Crippen molar-refractivity contribution in [1.82, 2.24) is 10.2 Å². The quantitative estimate of drug-likeness (QED) is 0.396. The predicted molar refractivity (Wildman–Crippen MR) is 99.1 cm³/mol. The summed E-state index contributed by atoms with van der Waals surface area (Å²) in [5, 5.41) is 3.01. The van der Waals surface area contributed by atoms with Gasteiger partial charge in [-0.05, 0) is 32.1 Å². The lowest BCUT2D eigenvalue weighted by Gasteiger charge is -2.23. The molecule has 2 atom stereocenters. The molecule has 0 spiro atoms. The van der Waals surface area contributed by atoms with Crippen LogP contribution in [0.1, 0.15) is 85.0 Å². The molecule has 24 heavy (non-hydrogen) atoms. The molecule has 0 heterocycles. The van der Waals surface area contributed by atoms with Crippen molar-refractivity contribution in [3.8, 4) is 0 Å². The smallest absolute Gasteiger partial charge is 0.317 e. The molecule has 0 rings (SSSR count). The predicted octanol–water partition coefficient (Wildman–Crippen LogP) is 4.50. The molecule has 0 saturated carbocycles. The highest BCUT2D eigenvalue weighted by molar-refractivity contribution is 5.73. The molecule has 5 heteroatoms. The maximum absolute atomic E-state index is 12.0. The Morgan fingerprint density at radius 1 is 0.958 bits per heavy atom. The number of unbranched alkanes of at least 4 members (excludes halogenated alkanes) is 3. The van der Waals surface area contributed by atoms with E-state index in [1.807, 2.05) is 0 Å². The summed E-state index contributed by atoms with van der Waals surface area (Å²) in [6.07, 6.45) is 9.26. The lowest BCUT2D eigenvalue weighted by molar-refractivity contribution is -0.150. The van der Waals surface area contributed by atoms with Crippen LogP contribution < -0.4 is 5.32 Å². The minimum Gasteiger partial charge on any atom is -0.462 e. The molecule has 5 nitrogen and oxygen atoms in total. The minimum absolute atomic E-state index is 0.0287. The number of nitrogens with zero attached hydrogens (tertiary/aromatic N) is 1. The van der Waals surface area contributed by atoms with Gasteiger partial charge in [0.1, 0.15) is 6.10 Å². The van der Waals surface area contributed by atoms with Gasteiger partial charge in [0.05, 0.1) is 0 Å². The van der Waals surface area contributed by atoms with E-state index >= 15 is 0 Å². The Hall–Kier alpha value is -1.26. The van der Waals surface area contributed by atoms with Crippen molar-refractivity contribution in [3.63, 3.8) is 0 Å². The molecule has 0 saturated heterocycles. The maximum Gasteiger partial charge on any atom is 0.317 e. The van der Waals surface area contributed by atoms with Crippen LogP contribution in [0.3, 0.4) is 0 Å². The number of carbonyl (C=O) groups excluding carboxylic acids is 2. The van der Waals surface area contributed by atoms with Crippen LogP contribution in [-0.2, 0) is 9.53 Å².